The van der Waals surface area contributed by atoms with Gasteiger partial charge in [0.25, 0.3) is 5.56 Å². The molecule has 0 spiro atoms. The number of hydrazone groups is 1. The van der Waals surface area contributed by atoms with Crippen molar-refractivity contribution < 1.29 is 14.2 Å². The maximum Gasteiger partial charge on any atom is 0.285 e. The molecule has 0 aliphatic heterocycles. The first-order chi connectivity index (χ1) is 11.1. The summed E-state index contributed by atoms with van der Waals surface area (Å²) < 4.78 is 15.7. The van der Waals surface area contributed by atoms with Gasteiger partial charge in [0.15, 0.2) is 11.5 Å². The van der Waals surface area contributed by atoms with Crippen LogP contribution >= 0.6 is 11.6 Å². The van der Waals surface area contributed by atoms with Crippen LogP contribution in [-0.4, -0.2) is 37.7 Å². The van der Waals surface area contributed by atoms with Crippen LogP contribution in [0.25, 0.3) is 0 Å². The Kier molecular flexibility index (Phi) is 5.42. The van der Waals surface area contributed by atoms with Crippen LogP contribution in [0.3, 0.4) is 0 Å². The second-order valence-corrected chi connectivity index (χ2v) is 4.62. The van der Waals surface area contributed by atoms with E-state index < -0.39 is 5.56 Å². The summed E-state index contributed by atoms with van der Waals surface area (Å²) in [5, 5.41) is 9.84. The standard InChI is InChI=1S/C14H15ClN4O4/c1-21-10-5-12(23-3)11(22-2)4-8(10)6-16-18-9-7-17-19-14(20)13(9)15/h4-7H,1-3H3,(H2,18,19,20)/b16-6-. The van der Waals surface area contributed by atoms with Crippen LogP contribution in [0.5, 0.6) is 17.2 Å². The van der Waals surface area contributed by atoms with Gasteiger partial charge < -0.3 is 14.2 Å². The zero-order valence-electron chi connectivity index (χ0n) is 12.7. The van der Waals surface area contributed by atoms with E-state index in [2.05, 4.69) is 20.7 Å². The third-order valence-electron chi connectivity index (χ3n) is 2.92. The largest absolute Gasteiger partial charge is 0.496 e. The lowest BCUT2D eigenvalue weighted by Crippen LogP contribution is -2.10. The van der Waals surface area contributed by atoms with E-state index in [1.54, 1.807) is 12.1 Å². The van der Waals surface area contributed by atoms with Crippen molar-refractivity contribution >= 4 is 23.5 Å². The Bertz CT molecular complexity index is 776. The predicted octanol–water partition coefficient (Wildman–Crippen LogP) is 1.90. The minimum atomic E-state index is -0.504. The molecule has 0 bridgehead atoms. The summed E-state index contributed by atoms with van der Waals surface area (Å²) in [7, 11) is 4.60. The van der Waals surface area contributed by atoms with E-state index >= 15 is 0 Å². The second-order valence-electron chi connectivity index (χ2n) is 4.25. The molecule has 1 heterocycles. The summed E-state index contributed by atoms with van der Waals surface area (Å²) in [6, 6.07) is 3.39. The Balaban J connectivity index is 2.28. The number of ether oxygens (including phenoxy) is 3. The quantitative estimate of drug-likeness (QED) is 0.616. The van der Waals surface area contributed by atoms with E-state index in [0.717, 1.165) is 0 Å². The SMILES string of the molecule is COc1cc(OC)c(OC)cc1/C=N\Nc1cn[nH]c(=O)c1Cl. The second kappa shape index (κ2) is 7.50. The number of hydrogen-bond donors (Lipinski definition) is 2. The number of halogens is 1. The van der Waals surface area contributed by atoms with Gasteiger partial charge in [-0.2, -0.15) is 10.2 Å². The number of benzene rings is 1. The van der Waals surface area contributed by atoms with E-state index in [4.69, 9.17) is 25.8 Å². The molecular formula is C14H15ClN4O4. The van der Waals surface area contributed by atoms with Crippen molar-refractivity contribution in [3.8, 4) is 17.2 Å². The Hall–Kier alpha value is -2.74. The highest BCUT2D eigenvalue weighted by Crippen LogP contribution is 2.33. The van der Waals surface area contributed by atoms with E-state index in [1.165, 1.54) is 33.7 Å². The number of rotatable bonds is 6. The molecule has 0 aliphatic rings. The Morgan fingerprint density at radius 3 is 2.48 bits per heavy atom. The maximum absolute atomic E-state index is 11.3. The minimum Gasteiger partial charge on any atom is -0.496 e. The molecule has 2 aromatic rings. The predicted molar refractivity (Wildman–Crippen MR) is 87.2 cm³/mol. The molecule has 0 unspecified atom stereocenters. The molecule has 0 saturated carbocycles. The summed E-state index contributed by atoms with van der Waals surface area (Å²) in [4.78, 5) is 11.3. The van der Waals surface area contributed by atoms with Crippen molar-refractivity contribution in [1.29, 1.82) is 0 Å². The van der Waals surface area contributed by atoms with Gasteiger partial charge in [-0.15, -0.1) is 0 Å². The van der Waals surface area contributed by atoms with Crippen molar-refractivity contribution in [2.24, 2.45) is 5.10 Å². The summed E-state index contributed by atoms with van der Waals surface area (Å²) in [5.41, 5.74) is 3.07. The molecule has 9 heteroatoms. The molecule has 1 aromatic heterocycles. The highest BCUT2D eigenvalue weighted by Gasteiger charge is 2.10. The summed E-state index contributed by atoms with van der Waals surface area (Å²) in [6.07, 6.45) is 2.85. The van der Waals surface area contributed by atoms with Crippen molar-refractivity contribution in [2.75, 3.05) is 26.8 Å². The van der Waals surface area contributed by atoms with Gasteiger partial charge in [0.1, 0.15) is 16.5 Å². The molecule has 0 aliphatic carbocycles. The van der Waals surface area contributed by atoms with Gasteiger partial charge in [-0.1, -0.05) is 11.6 Å². The topological polar surface area (TPSA) is 97.8 Å². The summed E-state index contributed by atoms with van der Waals surface area (Å²) in [5.74, 6) is 1.62. The number of aromatic nitrogens is 2. The molecule has 0 fully saturated rings. The lowest BCUT2D eigenvalue weighted by atomic mass is 10.2. The molecule has 0 atom stereocenters. The minimum absolute atomic E-state index is 0.0311. The number of anilines is 1. The van der Waals surface area contributed by atoms with Gasteiger partial charge in [-0.3, -0.25) is 10.2 Å². The van der Waals surface area contributed by atoms with Crippen molar-refractivity contribution in [3.05, 3.63) is 39.3 Å². The van der Waals surface area contributed by atoms with Crippen molar-refractivity contribution in [2.45, 2.75) is 0 Å². The van der Waals surface area contributed by atoms with Crippen LogP contribution < -0.4 is 25.2 Å². The Morgan fingerprint density at radius 1 is 1.17 bits per heavy atom. The average Bonchev–Trinajstić information content (AvgIpc) is 2.58. The number of nitrogens with zero attached hydrogens (tertiary/aromatic N) is 2. The fourth-order valence-corrected chi connectivity index (χ4v) is 1.92. The van der Waals surface area contributed by atoms with Crippen LogP contribution in [-0.2, 0) is 0 Å². The van der Waals surface area contributed by atoms with Crippen molar-refractivity contribution in [1.82, 2.24) is 10.2 Å². The first-order valence-corrected chi connectivity index (χ1v) is 6.80. The normalized spacial score (nSPS) is 10.6. The molecule has 2 N–H and O–H groups in total. The fourth-order valence-electron chi connectivity index (χ4n) is 1.79. The van der Waals surface area contributed by atoms with Crippen molar-refractivity contribution in [3.63, 3.8) is 0 Å². The maximum atomic E-state index is 11.3. The number of H-pyrrole nitrogens is 1. The van der Waals surface area contributed by atoms with E-state index in [-0.39, 0.29) is 10.7 Å². The number of hydrogen-bond acceptors (Lipinski definition) is 7. The molecular weight excluding hydrogens is 324 g/mol. The molecule has 1 aromatic carbocycles. The molecule has 2 rings (SSSR count). The van der Waals surface area contributed by atoms with Crippen LogP contribution in [0.2, 0.25) is 5.02 Å². The number of nitrogens with one attached hydrogen (secondary N) is 2. The Labute approximate surface area is 137 Å². The lowest BCUT2D eigenvalue weighted by molar-refractivity contribution is 0.349. The summed E-state index contributed by atoms with van der Waals surface area (Å²) in [6.45, 7) is 0. The molecule has 0 saturated heterocycles. The van der Waals surface area contributed by atoms with Gasteiger partial charge in [-0.05, 0) is 6.07 Å². The van der Waals surface area contributed by atoms with Gasteiger partial charge in [0, 0.05) is 11.6 Å². The number of methoxy groups -OCH3 is 3. The lowest BCUT2D eigenvalue weighted by Gasteiger charge is -2.11. The van der Waals surface area contributed by atoms with Gasteiger partial charge in [0.05, 0.1) is 33.7 Å². The number of aromatic amines is 1. The first kappa shape index (κ1) is 16.6. The fraction of sp³-hybridized carbons (Fsp3) is 0.214. The molecule has 8 nitrogen and oxygen atoms in total. The highest BCUT2D eigenvalue weighted by molar-refractivity contribution is 6.32. The van der Waals surface area contributed by atoms with E-state index in [0.29, 0.717) is 22.8 Å². The highest BCUT2D eigenvalue weighted by atomic mass is 35.5. The van der Waals surface area contributed by atoms with Crippen LogP contribution in [0, 0.1) is 0 Å². The van der Waals surface area contributed by atoms with E-state index in [9.17, 15) is 4.79 Å². The molecule has 0 amide bonds. The van der Waals surface area contributed by atoms with Crippen LogP contribution in [0.15, 0.2) is 28.2 Å². The van der Waals surface area contributed by atoms with Crippen LogP contribution in [0.4, 0.5) is 5.69 Å². The molecule has 122 valence electrons. The Morgan fingerprint density at radius 2 is 1.83 bits per heavy atom. The average molecular weight is 339 g/mol. The van der Waals surface area contributed by atoms with Crippen LogP contribution in [0.1, 0.15) is 5.56 Å². The summed E-state index contributed by atoms with van der Waals surface area (Å²) >= 11 is 5.84. The first-order valence-electron chi connectivity index (χ1n) is 6.43. The third-order valence-corrected chi connectivity index (χ3v) is 3.30. The molecule has 0 radical (unpaired) electrons. The monoisotopic (exact) mass is 338 g/mol. The smallest absolute Gasteiger partial charge is 0.285 e. The molecule has 23 heavy (non-hydrogen) atoms. The van der Waals surface area contributed by atoms with Gasteiger partial charge >= 0.3 is 0 Å². The van der Waals surface area contributed by atoms with Gasteiger partial charge in [-0.25, -0.2) is 5.10 Å². The zero-order chi connectivity index (χ0) is 16.8. The third kappa shape index (κ3) is 3.72. The van der Waals surface area contributed by atoms with Gasteiger partial charge in [0.2, 0.25) is 0 Å². The zero-order valence-corrected chi connectivity index (χ0v) is 13.5. The van der Waals surface area contributed by atoms with E-state index in [1.807, 2.05) is 0 Å².